The molecule has 0 amide bonds. The van der Waals surface area contributed by atoms with Crippen molar-refractivity contribution in [2.24, 2.45) is 5.92 Å². The summed E-state index contributed by atoms with van der Waals surface area (Å²) in [6.07, 6.45) is 2.36. The van der Waals surface area contributed by atoms with Gasteiger partial charge in [-0.25, -0.2) is 0 Å². The van der Waals surface area contributed by atoms with Crippen molar-refractivity contribution in [1.29, 1.82) is 0 Å². The van der Waals surface area contributed by atoms with Crippen molar-refractivity contribution >= 4 is 34.4 Å². The van der Waals surface area contributed by atoms with Gasteiger partial charge in [0.05, 0.1) is 9.98 Å². The summed E-state index contributed by atoms with van der Waals surface area (Å²) in [5, 5.41) is 6.36. The van der Waals surface area contributed by atoms with Gasteiger partial charge < -0.3 is 10.6 Å². The molecule has 0 atom stereocenters. The quantitative estimate of drug-likeness (QED) is 0.522. The van der Waals surface area contributed by atoms with Crippen LogP contribution in [0, 0.1) is 5.92 Å². The highest BCUT2D eigenvalue weighted by molar-refractivity contribution is 7.80. The van der Waals surface area contributed by atoms with Crippen molar-refractivity contribution in [3.63, 3.8) is 0 Å². The molecule has 2 aliphatic rings. The summed E-state index contributed by atoms with van der Waals surface area (Å²) < 4.78 is 0. The summed E-state index contributed by atoms with van der Waals surface area (Å²) in [4.78, 5) is 1.95. The Labute approximate surface area is 70.4 Å². The lowest BCUT2D eigenvalue weighted by Crippen LogP contribution is -2.37. The molecule has 0 aromatic rings. The molecule has 0 aliphatic carbocycles. The van der Waals surface area contributed by atoms with E-state index in [4.69, 9.17) is 24.4 Å². The predicted octanol–water partition coefficient (Wildman–Crippen LogP) is 0.570. The van der Waals surface area contributed by atoms with Gasteiger partial charge in [-0.3, -0.25) is 0 Å². The first kappa shape index (κ1) is 6.49. The third-order valence-electron chi connectivity index (χ3n) is 2.00. The fourth-order valence-corrected chi connectivity index (χ4v) is 2.20. The number of hydrogen-bond donors (Lipinski definition) is 2. The largest absolute Gasteiger partial charge is 0.360 e. The van der Waals surface area contributed by atoms with Crippen molar-refractivity contribution < 1.29 is 0 Å². The van der Waals surface area contributed by atoms with Crippen LogP contribution in [0.3, 0.4) is 0 Å². The number of rotatable bonds is 0. The molecule has 10 heavy (non-hydrogen) atoms. The summed E-state index contributed by atoms with van der Waals surface area (Å²) in [5.41, 5.74) is 0. The van der Waals surface area contributed by atoms with Crippen molar-refractivity contribution in [3.05, 3.63) is 0 Å². The molecule has 2 rings (SSSR count). The summed E-state index contributed by atoms with van der Waals surface area (Å²) >= 11 is 10.0. The van der Waals surface area contributed by atoms with Crippen LogP contribution in [0.2, 0.25) is 0 Å². The van der Waals surface area contributed by atoms with Gasteiger partial charge in [-0.2, -0.15) is 0 Å². The monoisotopic (exact) mass is 172 g/mol. The lowest BCUT2D eigenvalue weighted by atomic mass is 10.1. The lowest BCUT2D eigenvalue weighted by Gasteiger charge is -2.07. The zero-order valence-electron chi connectivity index (χ0n) is 5.39. The highest BCUT2D eigenvalue weighted by Crippen LogP contribution is 2.24. The van der Waals surface area contributed by atoms with Crippen LogP contribution in [0.5, 0.6) is 0 Å². The number of thiocarbonyl (C=S) groups is 2. The average Bonchev–Trinajstić information content (AvgIpc) is 2.21. The van der Waals surface area contributed by atoms with E-state index >= 15 is 0 Å². The smallest absolute Gasteiger partial charge is 0.101 e. The van der Waals surface area contributed by atoms with Gasteiger partial charge in [0.1, 0.15) is 6.17 Å². The molecule has 0 saturated carbocycles. The van der Waals surface area contributed by atoms with Crippen LogP contribution < -0.4 is 10.6 Å². The molecule has 0 unspecified atom stereocenters. The Morgan fingerprint density at radius 2 is 1.60 bits per heavy atom. The maximum Gasteiger partial charge on any atom is 0.101 e. The van der Waals surface area contributed by atoms with Crippen molar-refractivity contribution in [2.45, 2.75) is 19.0 Å². The van der Waals surface area contributed by atoms with E-state index in [2.05, 4.69) is 10.6 Å². The first-order valence-electron chi connectivity index (χ1n) is 3.34. The number of fused-ring (bicyclic) bond motifs is 1. The summed E-state index contributed by atoms with van der Waals surface area (Å²) in [6, 6.07) is 0. The zero-order valence-corrected chi connectivity index (χ0v) is 7.02. The van der Waals surface area contributed by atoms with Crippen LogP contribution in [0.25, 0.3) is 0 Å². The van der Waals surface area contributed by atoms with Gasteiger partial charge >= 0.3 is 0 Å². The molecule has 0 aromatic carbocycles. The van der Waals surface area contributed by atoms with Gasteiger partial charge in [0.25, 0.3) is 0 Å². The maximum absolute atomic E-state index is 5.02. The second kappa shape index (κ2) is 2.13. The van der Waals surface area contributed by atoms with Crippen molar-refractivity contribution in [1.82, 2.24) is 10.6 Å². The van der Waals surface area contributed by atoms with Crippen LogP contribution in [0.1, 0.15) is 12.8 Å². The molecule has 0 spiro atoms. The van der Waals surface area contributed by atoms with Crippen molar-refractivity contribution in [2.75, 3.05) is 0 Å². The van der Waals surface area contributed by atoms with Crippen LogP contribution in [0.15, 0.2) is 0 Å². The SMILES string of the molecule is S=C1CC2CC(=S)NC2N1. The molecule has 0 bridgehead atoms. The Morgan fingerprint density at radius 3 is 2.00 bits per heavy atom. The van der Waals surface area contributed by atoms with Gasteiger partial charge in [0.2, 0.25) is 0 Å². The van der Waals surface area contributed by atoms with E-state index < -0.39 is 0 Å². The lowest BCUT2D eigenvalue weighted by molar-refractivity contribution is 0.490. The van der Waals surface area contributed by atoms with Crippen LogP contribution >= 0.6 is 24.4 Å². The maximum atomic E-state index is 5.02. The van der Waals surface area contributed by atoms with E-state index in [0.29, 0.717) is 12.1 Å². The van der Waals surface area contributed by atoms with Gasteiger partial charge in [0.15, 0.2) is 0 Å². The van der Waals surface area contributed by atoms with Crippen LogP contribution in [-0.2, 0) is 0 Å². The standard InChI is InChI=1S/C6H8N2S2/c9-4-1-3-2-5(10)8-6(3)7-4/h3,6H,1-2H2,(H,7,9)(H,8,10). The Kier molecular flexibility index (Phi) is 1.38. The Morgan fingerprint density at radius 1 is 1.10 bits per heavy atom. The predicted molar refractivity (Wildman–Crippen MR) is 48.0 cm³/mol. The Balaban J connectivity index is 2.12. The second-order valence-electron chi connectivity index (χ2n) is 2.78. The Hall–Kier alpha value is -0.220. The topological polar surface area (TPSA) is 24.1 Å². The molecule has 2 heterocycles. The van der Waals surface area contributed by atoms with Crippen molar-refractivity contribution in [3.8, 4) is 0 Å². The third kappa shape index (κ3) is 0.914. The van der Waals surface area contributed by atoms with Crippen LogP contribution in [-0.4, -0.2) is 16.1 Å². The molecular weight excluding hydrogens is 164 g/mol. The minimum absolute atomic E-state index is 0.347. The first-order valence-corrected chi connectivity index (χ1v) is 4.16. The van der Waals surface area contributed by atoms with E-state index in [0.717, 1.165) is 22.8 Å². The summed E-state index contributed by atoms with van der Waals surface area (Å²) in [7, 11) is 0. The minimum atomic E-state index is 0.347. The van der Waals surface area contributed by atoms with Gasteiger partial charge in [-0.1, -0.05) is 24.4 Å². The molecule has 2 N–H and O–H groups in total. The fourth-order valence-electron chi connectivity index (χ4n) is 1.52. The average molecular weight is 172 g/mol. The Bertz CT molecular complexity index is 164. The summed E-state index contributed by atoms with van der Waals surface area (Å²) in [5.74, 6) is 0.625. The molecule has 2 saturated heterocycles. The first-order chi connectivity index (χ1) is 4.75. The second-order valence-corrected chi connectivity index (χ2v) is 3.77. The van der Waals surface area contributed by atoms with E-state index in [1.807, 2.05) is 0 Å². The highest BCUT2D eigenvalue weighted by Gasteiger charge is 2.36. The normalized spacial score (nSPS) is 37.2. The van der Waals surface area contributed by atoms with Crippen LogP contribution in [0.4, 0.5) is 0 Å². The molecular formula is C6H8N2S2. The molecule has 54 valence electrons. The van der Waals surface area contributed by atoms with Gasteiger partial charge in [-0.15, -0.1) is 0 Å². The molecule has 0 radical (unpaired) electrons. The minimum Gasteiger partial charge on any atom is -0.360 e. The summed E-state index contributed by atoms with van der Waals surface area (Å²) in [6.45, 7) is 0. The van der Waals surface area contributed by atoms with E-state index in [9.17, 15) is 0 Å². The van der Waals surface area contributed by atoms with Gasteiger partial charge in [-0.05, 0) is 0 Å². The fraction of sp³-hybridized carbons (Fsp3) is 0.667. The molecule has 2 nitrogen and oxygen atoms in total. The van der Waals surface area contributed by atoms with E-state index in [1.54, 1.807) is 0 Å². The third-order valence-corrected chi connectivity index (χ3v) is 2.57. The van der Waals surface area contributed by atoms with E-state index in [1.165, 1.54) is 0 Å². The molecule has 4 heteroatoms. The highest BCUT2D eigenvalue weighted by atomic mass is 32.1. The molecule has 2 aliphatic heterocycles. The zero-order chi connectivity index (χ0) is 7.14. The molecule has 2 fully saturated rings. The van der Waals surface area contributed by atoms with E-state index in [-0.39, 0.29) is 0 Å². The number of nitrogens with one attached hydrogen (secondary N) is 2. The van der Waals surface area contributed by atoms with Gasteiger partial charge in [0, 0.05) is 18.8 Å². The number of hydrogen-bond acceptors (Lipinski definition) is 2. The molecule has 0 aromatic heterocycles.